The monoisotopic (exact) mass is 247 g/mol. The van der Waals surface area contributed by atoms with Gasteiger partial charge < -0.3 is 10.3 Å². The summed E-state index contributed by atoms with van der Waals surface area (Å²) in [5, 5.41) is 0. The maximum Gasteiger partial charge on any atom is 0.127 e. The Morgan fingerprint density at radius 2 is 2.28 bits per heavy atom. The maximum atomic E-state index is 6.29. The molecular formula is C15H25N3. The lowest BCUT2D eigenvalue weighted by molar-refractivity contribution is 0.341. The van der Waals surface area contributed by atoms with Gasteiger partial charge in [-0.3, -0.25) is 0 Å². The van der Waals surface area contributed by atoms with Gasteiger partial charge in [0.1, 0.15) is 11.6 Å². The first-order valence-corrected chi connectivity index (χ1v) is 7.13. The van der Waals surface area contributed by atoms with E-state index in [0.29, 0.717) is 5.92 Å². The second kappa shape index (κ2) is 5.59. The molecule has 1 aliphatic rings. The van der Waals surface area contributed by atoms with Crippen LogP contribution in [0, 0.1) is 5.92 Å². The molecule has 0 spiro atoms. The molecule has 18 heavy (non-hydrogen) atoms. The van der Waals surface area contributed by atoms with E-state index in [4.69, 9.17) is 10.7 Å². The fourth-order valence-corrected chi connectivity index (χ4v) is 3.12. The molecular weight excluding hydrogens is 222 g/mol. The molecule has 0 aromatic carbocycles. The second-order valence-corrected chi connectivity index (χ2v) is 5.52. The van der Waals surface area contributed by atoms with Crippen LogP contribution in [0.25, 0.3) is 0 Å². The first-order valence-electron chi connectivity index (χ1n) is 7.13. The van der Waals surface area contributed by atoms with Crippen LogP contribution < -0.4 is 5.73 Å². The first-order chi connectivity index (χ1) is 8.67. The van der Waals surface area contributed by atoms with E-state index >= 15 is 0 Å². The highest BCUT2D eigenvalue weighted by atomic mass is 15.1. The number of nitrogens with zero attached hydrogens (tertiary/aromatic N) is 2. The Hall–Kier alpha value is -1.25. The molecule has 2 rings (SSSR count). The van der Waals surface area contributed by atoms with Crippen molar-refractivity contribution in [2.75, 3.05) is 5.73 Å². The predicted molar refractivity (Wildman–Crippen MR) is 76.6 cm³/mol. The van der Waals surface area contributed by atoms with Crippen molar-refractivity contribution >= 4 is 5.82 Å². The quantitative estimate of drug-likeness (QED) is 0.827. The predicted octanol–water partition coefficient (Wildman–Crippen LogP) is 3.51. The third-order valence-electron chi connectivity index (χ3n) is 4.07. The Morgan fingerprint density at radius 1 is 1.50 bits per heavy atom. The van der Waals surface area contributed by atoms with Crippen molar-refractivity contribution in [2.24, 2.45) is 5.92 Å². The average Bonchev–Trinajstić information content (AvgIpc) is 2.67. The van der Waals surface area contributed by atoms with Crippen LogP contribution in [0.4, 0.5) is 5.82 Å². The van der Waals surface area contributed by atoms with Crippen molar-refractivity contribution in [3.8, 4) is 0 Å². The topological polar surface area (TPSA) is 43.8 Å². The van der Waals surface area contributed by atoms with Gasteiger partial charge in [0, 0.05) is 18.9 Å². The fraction of sp³-hybridized carbons (Fsp3) is 0.667. The van der Waals surface area contributed by atoms with E-state index in [-0.39, 0.29) is 0 Å². The summed E-state index contributed by atoms with van der Waals surface area (Å²) in [5.74, 6) is 3.33. The van der Waals surface area contributed by atoms with Crippen LogP contribution in [0.5, 0.6) is 0 Å². The number of aryl methyl sites for hydroxylation is 1. The molecule has 1 saturated carbocycles. The Morgan fingerprint density at radius 3 is 2.89 bits per heavy atom. The Labute approximate surface area is 110 Å². The maximum absolute atomic E-state index is 6.29. The molecule has 2 N–H and O–H groups in total. The van der Waals surface area contributed by atoms with Crippen LogP contribution in [0.15, 0.2) is 12.7 Å². The van der Waals surface area contributed by atoms with Crippen LogP contribution >= 0.6 is 0 Å². The van der Waals surface area contributed by atoms with Crippen LogP contribution in [0.3, 0.4) is 0 Å². The Kier molecular flexibility index (Phi) is 4.10. The van der Waals surface area contributed by atoms with Gasteiger partial charge in [0.05, 0.1) is 5.69 Å². The van der Waals surface area contributed by atoms with Gasteiger partial charge in [-0.1, -0.05) is 32.8 Å². The second-order valence-electron chi connectivity index (χ2n) is 5.52. The van der Waals surface area contributed by atoms with Crippen LogP contribution in [0.2, 0.25) is 0 Å². The molecule has 0 saturated heterocycles. The zero-order valence-electron chi connectivity index (χ0n) is 11.7. The summed E-state index contributed by atoms with van der Waals surface area (Å²) in [6, 6.07) is 0. The lowest BCUT2D eigenvalue weighted by Crippen LogP contribution is -2.14. The molecule has 3 heteroatoms. The van der Waals surface area contributed by atoms with Gasteiger partial charge >= 0.3 is 0 Å². The van der Waals surface area contributed by atoms with E-state index in [1.807, 2.05) is 6.08 Å². The molecule has 1 heterocycles. The number of nitrogen functional groups attached to an aromatic ring is 1. The van der Waals surface area contributed by atoms with Crippen molar-refractivity contribution in [1.82, 2.24) is 9.55 Å². The van der Waals surface area contributed by atoms with Crippen molar-refractivity contribution in [3.05, 3.63) is 24.2 Å². The first kappa shape index (κ1) is 13.2. The van der Waals surface area contributed by atoms with Crippen molar-refractivity contribution < 1.29 is 0 Å². The summed E-state index contributed by atoms with van der Waals surface area (Å²) in [4.78, 5) is 4.80. The van der Waals surface area contributed by atoms with E-state index in [0.717, 1.165) is 36.2 Å². The molecule has 1 fully saturated rings. The van der Waals surface area contributed by atoms with Gasteiger partial charge in [-0.25, -0.2) is 4.98 Å². The molecule has 1 aromatic rings. The minimum absolute atomic E-state index is 0.560. The summed E-state index contributed by atoms with van der Waals surface area (Å²) < 4.78 is 2.11. The van der Waals surface area contributed by atoms with Crippen molar-refractivity contribution in [1.29, 1.82) is 0 Å². The van der Waals surface area contributed by atoms with E-state index in [1.165, 1.54) is 25.7 Å². The van der Waals surface area contributed by atoms with Crippen LogP contribution in [-0.2, 0) is 13.0 Å². The van der Waals surface area contributed by atoms with Gasteiger partial charge in [-0.2, -0.15) is 0 Å². The summed E-state index contributed by atoms with van der Waals surface area (Å²) in [7, 11) is 0. The summed E-state index contributed by atoms with van der Waals surface area (Å²) >= 11 is 0. The third-order valence-corrected chi connectivity index (χ3v) is 4.07. The molecule has 2 unspecified atom stereocenters. The number of imidazole rings is 1. The lowest BCUT2D eigenvalue weighted by atomic mass is 9.81. The molecule has 100 valence electrons. The largest absolute Gasteiger partial charge is 0.384 e. The van der Waals surface area contributed by atoms with Crippen LogP contribution in [-0.4, -0.2) is 9.55 Å². The number of aromatic nitrogens is 2. The van der Waals surface area contributed by atoms with Gasteiger partial charge in [-0.15, -0.1) is 6.58 Å². The Balaban J connectivity index is 2.29. The number of rotatable bonds is 4. The van der Waals surface area contributed by atoms with Crippen LogP contribution in [0.1, 0.15) is 57.0 Å². The third kappa shape index (κ3) is 2.45. The number of anilines is 1. The summed E-state index contributed by atoms with van der Waals surface area (Å²) in [5.41, 5.74) is 7.43. The number of hydrogen-bond acceptors (Lipinski definition) is 2. The average molecular weight is 247 g/mol. The molecule has 0 radical (unpaired) electrons. The van der Waals surface area contributed by atoms with Crippen molar-refractivity contribution in [3.63, 3.8) is 0 Å². The highest BCUT2D eigenvalue weighted by molar-refractivity contribution is 5.41. The SMILES string of the molecule is C=CCn1c(CC)nc(C2CCCC(C)C2)c1N. The molecule has 0 amide bonds. The minimum atomic E-state index is 0.560. The number of nitrogens with two attached hydrogens (primary N) is 1. The lowest BCUT2D eigenvalue weighted by Gasteiger charge is -2.25. The van der Waals surface area contributed by atoms with E-state index in [2.05, 4.69) is 25.0 Å². The Bertz CT molecular complexity index is 420. The number of allylic oxidation sites excluding steroid dienone is 1. The minimum Gasteiger partial charge on any atom is -0.384 e. The van der Waals surface area contributed by atoms with Gasteiger partial charge in [0.25, 0.3) is 0 Å². The molecule has 3 nitrogen and oxygen atoms in total. The highest BCUT2D eigenvalue weighted by Gasteiger charge is 2.26. The van der Waals surface area contributed by atoms with Gasteiger partial charge in [0.15, 0.2) is 0 Å². The van der Waals surface area contributed by atoms with Crippen molar-refractivity contribution in [2.45, 2.75) is 58.4 Å². The zero-order valence-corrected chi connectivity index (χ0v) is 11.7. The van der Waals surface area contributed by atoms with E-state index in [1.54, 1.807) is 0 Å². The fourth-order valence-electron chi connectivity index (χ4n) is 3.12. The highest BCUT2D eigenvalue weighted by Crippen LogP contribution is 2.38. The van der Waals surface area contributed by atoms with E-state index < -0.39 is 0 Å². The smallest absolute Gasteiger partial charge is 0.127 e. The normalized spacial score (nSPS) is 24.1. The van der Waals surface area contributed by atoms with Gasteiger partial charge in [0.2, 0.25) is 0 Å². The zero-order chi connectivity index (χ0) is 13.1. The molecule has 1 aliphatic carbocycles. The summed E-state index contributed by atoms with van der Waals surface area (Å²) in [6.07, 6.45) is 7.96. The summed E-state index contributed by atoms with van der Waals surface area (Å²) in [6.45, 7) is 9.04. The van der Waals surface area contributed by atoms with E-state index in [9.17, 15) is 0 Å². The molecule has 0 bridgehead atoms. The van der Waals surface area contributed by atoms with Gasteiger partial charge in [-0.05, 0) is 18.8 Å². The molecule has 1 aromatic heterocycles. The standard InChI is InChI=1S/C15H25N3/c1-4-9-18-13(5-2)17-14(15(18)16)12-8-6-7-11(3)10-12/h4,11-12H,1,5-10,16H2,2-3H3. The molecule has 2 atom stereocenters. The molecule has 0 aliphatic heterocycles. The number of hydrogen-bond donors (Lipinski definition) is 1.